The maximum atomic E-state index is 11.3. The number of nitrogen functional groups attached to an aromatic ring is 1. The van der Waals surface area contributed by atoms with E-state index in [0.29, 0.717) is 17.1 Å². The summed E-state index contributed by atoms with van der Waals surface area (Å²) in [5.74, 6) is 0.333. The largest absolute Gasteiger partial charge is 0.396 e. The first-order chi connectivity index (χ1) is 7.54. The summed E-state index contributed by atoms with van der Waals surface area (Å²) < 4.78 is 0. The predicted molar refractivity (Wildman–Crippen MR) is 60.5 cm³/mol. The van der Waals surface area contributed by atoms with E-state index in [0.717, 1.165) is 0 Å². The molecule has 0 saturated heterocycles. The molecule has 6 heteroatoms. The van der Waals surface area contributed by atoms with Crippen LogP contribution in [0.15, 0.2) is 12.3 Å². The van der Waals surface area contributed by atoms with Gasteiger partial charge in [0.25, 0.3) is 0 Å². The molecule has 0 aliphatic rings. The second-order valence-corrected chi connectivity index (χ2v) is 3.42. The molecule has 1 aromatic rings. The number of pyridine rings is 1. The van der Waals surface area contributed by atoms with Crippen LogP contribution in [0.1, 0.15) is 5.56 Å². The van der Waals surface area contributed by atoms with Crippen molar-refractivity contribution in [3.8, 4) is 6.07 Å². The summed E-state index contributed by atoms with van der Waals surface area (Å²) in [5, 5.41) is 11.4. The zero-order chi connectivity index (χ0) is 12.1. The second-order valence-electron chi connectivity index (χ2n) is 3.42. The molecule has 0 saturated carbocycles. The van der Waals surface area contributed by atoms with E-state index in [1.807, 2.05) is 6.07 Å². The van der Waals surface area contributed by atoms with Gasteiger partial charge in [0.05, 0.1) is 17.8 Å². The number of nitriles is 1. The van der Waals surface area contributed by atoms with Crippen molar-refractivity contribution in [2.45, 2.75) is 0 Å². The van der Waals surface area contributed by atoms with E-state index < -0.39 is 0 Å². The van der Waals surface area contributed by atoms with Crippen LogP contribution >= 0.6 is 0 Å². The van der Waals surface area contributed by atoms with Crippen molar-refractivity contribution >= 4 is 17.4 Å². The zero-order valence-electron chi connectivity index (χ0n) is 9.19. The molecule has 0 bridgehead atoms. The predicted octanol–water partition coefficient (Wildman–Crippen LogP) is 0.0356. The van der Waals surface area contributed by atoms with Gasteiger partial charge in [-0.2, -0.15) is 5.26 Å². The molecular formula is C10H13N5O. The smallest absolute Gasteiger partial charge is 0.241 e. The third kappa shape index (κ3) is 2.85. The summed E-state index contributed by atoms with van der Waals surface area (Å²) in [5.41, 5.74) is 6.40. The van der Waals surface area contributed by atoms with Gasteiger partial charge < -0.3 is 16.0 Å². The van der Waals surface area contributed by atoms with Gasteiger partial charge in [0, 0.05) is 20.3 Å². The number of carbonyl (C=O) groups is 1. The minimum atomic E-state index is -0.0782. The standard InChI is InChI=1S/C10H13N5O/c1-15(2)9(16)6-14-10-8(12)3-7(4-11)5-13-10/h3,5H,6,12H2,1-2H3,(H,13,14). The summed E-state index contributed by atoms with van der Waals surface area (Å²) in [6, 6.07) is 3.44. The molecule has 0 aliphatic heterocycles. The van der Waals surface area contributed by atoms with Crippen LogP contribution in [0.25, 0.3) is 0 Å². The first kappa shape index (κ1) is 11.8. The van der Waals surface area contributed by atoms with Crippen LogP contribution in [0.2, 0.25) is 0 Å². The third-order valence-corrected chi connectivity index (χ3v) is 1.95. The van der Waals surface area contributed by atoms with Gasteiger partial charge in [-0.15, -0.1) is 0 Å². The molecule has 6 nitrogen and oxygen atoms in total. The molecule has 1 aromatic heterocycles. The average Bonchev–Trinajstić information content (AvgIpc) is 2.26. The lowest BCUT2D eigenvalue weighted by Gasteiger charge is -2.12. The Hall–Kier alpha value is -2.29. The van der Waals surface area contributed by atoms with Crippen LogP contribution in [0.3, 0.4) is 0 Å². The Kier molecular flexibility index (Phi) is 3.67. The Labute approximate surface area is 93.7 Å². The van der Waals surface area contributed by atoms with E-state index in [4.69, 9.17) is 11.0 Å². The van der Waals surface area contributed by atoms with Crippen molar-refractivity contribution in [1.82, 2.24) is 9.88 Å². The molecule has 0 aromatic carbocycles. The molecule has 1 rings (SSSR count). The Balaban J connectivity index is 2.69. The van der Waals surface area contributed by atoms with Crippen LogP contribution in [0.4, 0.5) is 11.5 Å². The van der Waals surface area contributed by atoms with Gasteiger partial charge in [0.15, 0.2) is 0 Å². The highest BCUT2D eigenvalue weighted by atomic mass is 16.2. The van der Waals surface area contributed by atoms with Gasteiger partial charge >= 0.3 is 0 Å². The molecule has 1 heterocycles. The topological polar surface area (TPSA) is 95.0 Å². The molecular weight excluding hydrogens is 206 g/mol. The third-order valence-electron chi connectivity index (χ3n) is 1.95. The molecule has 0 unspecified atom stereocenters. The molecule has 0 radical (unpaired) electrons. The second kappa shape index (κ2) is 4.98. The first-order valence-electron chi connectivity index (χ1n) is 4.64. The number of nitrogens with one attached hydrogen (secondary N) is 1. The number of aromatic nitrogens is 1. The number of carbonyl (C=O) groups excluding carboxylic acids is 1. The van der Waals surface area contributed by atoms with Crippen molar-refractivity contribution < 1.29 is 4.79 Å². The van der Waals surface area contributed by atoms with Crippen molar-refractivity contribution in [1.29, 1.82) is 5.26 Å². The van der Waals surface area contributed by atoms with Crippen molar-refractivity contribution in [3.63, 3.8) is 0 Å². The zero-order valence-corrected chi connectivity index (χ0v) is 9.19. The Morgan fingerprint density at radius 1 is 1.69 bits per heavy atom. The normalized spacial score (nSPS) is 9.31. The van der Waals surface area contributed by atoms with Gasteiger partial charge in [-0.3, -0.25) is 4.79 Å². The fourth-order valence-electron chi connectivity index (χ4n) is 1.01. The summed E-state index contributed by atoms with van der Waals surface area (Å²) in [6.07, 6.45) is 1.40. The number of hydrogen-bond donors (Lipinski definition) is 2. The van der Waals surface area contributed by atoms with Crippen LogP contribution in [0, 0.1) is 11.3 Å². The van der Waals surface area contributed by atoms with E-state index >= 15 is 0 Å². The maximum Gasteiger partial charge on any atom is 0.241 e. The van der Waals surface area contributed by atoms with Gasteiger partial charge in [-0.05, 0) is 6.07 Å². The summed E-state index contributed by atoms with van der Waals surface area (Å²) >= 11 is 0. The van der Waals surface area contributed by atoms with Crippen molar-refractivity contribution in [3.05, 3.63) is 17.8 Å². The molecule has 3 N–H and O–H groups in total. The molecule has 1 amide bonds. The van der Waals surface area contributed by atoms with Crippen LogP contribution in [0.5, 0.6) is 0 Å². The molecule has 0 atom stereocenters. The van der Waals surface area contributed by atoms with E-state index in [2.05, 4.69) is 10.3 Å². The number of nitrogens with zero attached hydrogens (tertiary/aromatic N) is 3. The first-order valence-corrected chi connectivity index (χ1v) is 4.64. The number of amides is 1. The monoisotopic (exact) mass is 219 g/mol. The quantitative estimate of drug-likeness (QED) is 0.748. The minimum absolute atomic E-state index is 0.0782. The van der Waals surface area contributed by atoms with Gasteiger partial charge in [-0.1, -0.05) is 0 Å². The van der Waals surface area contributed by atoms with Crippen LogP contribution < -0.4 is 11.1 Å². The summed E-state index contributed by atoms with van der Waals surface area (Å²) in [7, 11) is 3.33. The van der Waals surface area contributed by atoms with Gasteiger partial charge in [0.1, 0.15) is 11.9 Å². The highest BCUT2D eigenvalue weighted by molar-refractivity contribution is 5.81. The lowest BCUT2D eigenvalue weighted by Crippen LogP contribution is -2.29. The molecule has 84 valence electrons. The highest BCUT2D eigenvalue weighted by Crippen LogP contribution is 2.15. The molecule has 0 fully saturated rings. The Morgan fingerprint density at radius 2 is 2.38 bits per heavy atom. The fourth-order valence-corrected chi connectivity index (χ4v) is 1.01. The maximum absolute atomic E-state index is 11.3. The van der Waals surface area contributed by atoms with E-state index in [1.54, 1.807) is 14.1 Å². The number of anilines is 2. The summed E-state index contributed by atoms with van der Waals surface area (Å²) in [4.78, 5) is 16.7. The fraction of sp³-hybridized carbons (Fsp3) is 0.300. The van der Waals surface area contributed by atoms with E-state index in [1.165, 1.54) is 17.2 Å². The average molecular weight is 219 g/mol. The van der Waals surface area contributed by atoms with E-state index in [-0.39, 0.29) is 12.5 Å². The van der Waals surface area contributed by atoms with Crippen LogP contribution in [-0.2, 0) is 4.79 Å². The highest BCUT2D eigenvalue weighted by Gasteiger charge is 2.06. The molecule has 0 aliphatic carbocycles. The van der Waals surface area contributed by atoms with Gasteiger partial charge in [-0.25, -0.2) is 4.98 Å². The molecule has 16 heavy (non-hydrogen) atoms. The van der Waals surface area contributed by atoms with Crippen molar-refractivity contribution in [2.24, 2.45) is 0 Å². The lowest BCUT2D eigenvalue weighted by molar-refractivity contribution is -0.126. The van der Waals surface area contributed by atoms with Gasteiger partial charge in [0.2, 0.25) is 5.91 Å². The minimum Gasteiger partial charge on any atom is -0.396 e. The number of rotatable bonds is 3. The Bertz CT molecular complexity index is 435. The number of nitrogens with two attached hydrogens (primary N) is 1. The lowest BCUT2D eigenvalue weighted by atomic mass is 10.3. The molecule has 0 spiro atoms. The van der Waals surface area contributed by atoms with E-state index in [9.17, 15) is 4.79 Å². The SMILES string of the molecule is CN(C)C(=O)CNc1ncc(C#N)cc1N. The Morgan fingerprint density at radius 3 is 2.88 bits per heavy atom. The van der Waals surface area contributed by atoms with Crippen molar-refractivity contribution in [2.75, 3.05) is 31.7 Å². The summed E-state index contributed by atoms with van der Waals surface area (Å²) in [6.45, 7) is 0.121. The number of hydrogen-bond acceptors (Lipinski definition) is 5. The number of likely N-dealkylation sites (N-methyl/N-ethyl adjacent to an activating group) is 1. The van der Waals surface area contributed by atoms with Crippen LogP contribution in [-0.4, -0.2) is 36.4 Å².